The van der Waals surface area contributed by atoms with Crippen LogP contribution in [0.15, 0.2) is 94.8 Å². The maximum absolute atomic E-state index is 12.9. The van der Waals surface area contributed by atoms with Crippen molar-refractivity contribution in [3.05, 3.63) is 101 Å². The number of benzene rings is 2. The summed E-state index contributed by atoms with van der Waals surface area (Å²) >= 11 is 3.45. The second-order valence-electron chi connectivity index (χ2n) is 6.45. The number of amides is 1. The number of hydrogen-bond donors (Lipinski definition) is 1. The molecule has 0 saturated heterocycles. The average Bonchev–Trinajstić information content (AvgIpc) is 2.79. The van der Waals surface area contributed by atoms with Gasteiger partial charge in [0, 0.05) is 27.8 Å². The molecule has 0 radical (unpaired) electrons. The highest BCUT2D eigenvalue weighted by atomic mass is 79.9. The van der Waals surface area contributed by atoms with Crippen LogP contribution < -0.4 is 5.43 Å². The molecule has 0 aliphatic rings. The Morgan fingerprint density at radius 1 is 0.967 bits per heavy atom. The molecule has 146 valence electrons. The summed E-state index contributed by atoms with van der Waals surface area (Å²) in [5.41, 5.74) is 6.48. The lowest BCUT2D eigenvalue weighted by Crippen LogP contribution is -2.18. The van der Waals surface area contributed by atoms with E-state index in [0.29, 0.717) is 11.3 Å². The molecule has 4 rings (SSSR count). The van der Waals surface area contributed by atoms with Gasteiger partial charge in [-0.3, -0.25) is 9.78 Å². The van der Waals surface area contributed by atoms with Crippen molar-refractivity contribution in [1.29, 1.82) is 0 Å². The minimum atomic E-state index is -0.305. The number of hydrogen-bond acceptors (Lipinski definition) is 4. The molecular weight excluding hydrogens is 440 g/mol. The van der Waals surface area contributed by atoms with Gasteiger partial charge in [0.05, 0.1) is 23.0 Å². The SMILES string of the molecule is O=C(N/N=C/C(Br)=C/c1ccccc1)c1cc(-c2ccncc2)nc2ccccc12. The summed E-state index contributed by atoms with van der Waals surface area (Å²) in [6.07, 6.45) is 6.87. The van der Waals surface area contributed by atoms with E-state index < -0.39 is 0 Å². The van der Waals surface area contributed by atoms with Crippen LogP contribution in [0.3, 0.4) is 0 Å². The lowest BCUT2D eigenvalue weighted by molar-refractivity contribution is 0.0957. The number of para-hydroxylation sites is 1. The topological polar surface area (TPSA) is 67.2 Å². The van der Waals surface area contributed by atoms with E-state index in [1.54, 1.807) is 24.7 Å². The quantitative estimate of drug-likeness (QED) is 0.320. The third kappa shape index (κ3) is 4.67. The van der Waals surface area contributed by atoms with Crippen molar-refractivity contribution in [2.45, 2.75) is 0 Å². The molecule has 0 atom stereocenters. The van der Waals surface area contributed by atoms with Crippen LogP contribution in [0.5, 0.6) is 0 Å². The van der Waals surface area contributed by atoms with E-state index in [9.17, 15) is 4.79 Å². The van der Waals surface area contributed by atoms with Gasteiger partial charge in [0.1, 0.15) is 0 Å². The molecule has 0 bridgehead atoms. The van der Waals surface area contributed by atoms with Crippen LogP contribution in [-0.2, 0) is 0 Å². The van der Waals surface area contributed by atoms with Crippen molar-refractivity contribution < 1.29 is 4.79 Å². The van der Waals surface area contributed by atoms with Crippen molar-refractivity contribution >= 4 is 45.0 Å². The normalized spacial score (nSPS) is 11.7. The molecule has 2 aromatic heterocycles. The number of aromatic nitrogens is 2. The second-order valence-corrected chi connectivity index (χ2v) is 7.36. The Morgan fingerprint density at radius 3 is 2.50 bits per heavy atom. The van der Waals surface area contributed by atoms with E-state index in [2.05, 4.69) is 36.4 Å². The van der Waals surface area contributed by atoms with Crippen molar-refractivity contribution in [2.24, 2.45) is 5.10 Å². The van der Waals surface area contributed by atoms with E-state index in [0.717, 1.165) is 26.5 Å². The van der Waals surface area contributed by atoms with Gasteiger partial charge in [0.2, 0.25) is 0 Å². The summed E-state index contributed by atoms with van der Waals surface area (Å²) in [7, 11) is 0. The fraction of sp³-hybridized carbons (Fsp3) is 0. The van der Waals surface area contributed by atoms with Crippen molar-refractivity contribution in [3.63, 3.8) is 0 Å². The molecule has 0 saturated carbocycles. The number of fused-ring (bicyclic) bond motifs is 1. The molecule has 4 aromatic rings. The number of carbonyl (C=O) groups excluding carboxylic acids is 1. The highest BCUT2D eigenvalue weighted by Crippen LogP contribution is 2.24. The first kappa shape index (κ1) is 19.7. The molecule has 2 heterocycles. The van der Waals surface area contributed by atoms with E-state index in [1.165, 1.54) is 0 Å². The van der Waals surface area contributed by atoms with Gasteiger partial charge in [-0.1, -0.05) is 48.5 Å². The Morgan fingerprint density at radius 2 is 1.70 bits per heavy atom. The van der Waals surface area contributed by atoms with Gasteiger partial charge in [0.25, 0.3) is 5.91 Å². The summed E-state index contributed by atoms with van der Waals surface area (Å²) in [4.78, 5) is 21.6. The van der Waals surface area contributed by atoms with Crippen LogP contribution in [0.4, 0.5) is 0 Å². The number of allylic oxidation sites excluding steroid dienone is 1. The highest BCUT2D eigenvalue weighted by Gasteiger charge is 2.13. The van der Waals surface area contributed by atoms with Gasteiger partial charge >= 0.3 is 0 Å². The maximum atomic E-state index is 12.9. The molecule has 1 amide bonds. The predicted octanol–water partition coefficient (Wildman–Crippen LogP) is 5.45. The van der Waals surface area contributed by atoms with E-state index in [-0.39, 0.29) is 5.91 Å². The number of pyridine rings is 2. The summed E-state index contributed by atoms with van der Waals surface area (Å²) in [6.45, 7) is 0. The third-order valence-electron chi connectivity index (χ3n) is 4.39. The standard InChI is InChI=1S/C24H17BrN4O/c25-19(14-17-6-2-1-3-7-17)16-27-29-24(30)21-15-23(18-10-12-26-13-11-18)28-22-9-5-4-8-20(21)22/h1-16H,(H,29,30)/b19-14-,27-16+. The Kier molecular flexibility index (Phi) is 6.06. The molecule has 2 aromatic carbocycles. The smallest absolute Gasteiger partial charge is 0.267 e. The van der Waals surface area contributed by atoms with Crippen molar-refractivity contribution in [2.75, 3.05) is 0 Å². The van der Waals surface area contributed by atoms with Crippen LogP contribution in [0.25, 0.3) is 28.2 Å². The van der Waals surface area contributed by atoms with E-state index in [4.69, 9.17) is 0 Å². The Labute approximate surface area is 182 Å². The Hall–Kier alpha value is -3.64. The molecular formula is C24H17BrN4O. The van der Waals surface area contributed by atoms with E-state index >= 15 is 0 Å². The lowest BCUT2D eigenvalue weighted by Gasteiger charge is -2.08. The van der Waals surface area contributed by atoms with Crippen LogP contribution >= 0.6 is 15.9 Å². The number of carbonyl (C=O) groups is 1. The molecule has 0 aliphatic carbocycles. The Bertz CT molecular complexity index is 1240. The summed E-state index contributed by atoms with van der Waals surface area (Å²) in [6, 6.07) is 22.9. The number of nitrogens with zero attached hydrogens (tertiary/aromatic N) is 3. The number of hydrazone groups is 1. The molecule has 30 heavy (non-hydrogen) atoms. The summed E-state index contributed by atoms with van der Waals surface area (Å²) in [5, 5.41) is 4.85. The fourth-order valence-electron chi connectivity index (χ4n) is 2.99. The number of rotatable bonds is 5. The van der Waals surface area contributed by atoms with Gasteiger partial charge < -0.3 is 0 Å². The summed E-state index contributed by atoms with van der Waals surface area (Å²) in [5.74, 6) is -0.305. The monoisotopic (exact) mass is 456 g/mol. The third-order valence-corrected chi connectivity index (χ3v) is 4.83. The van der Waals surface area contributed by atoms with Gasteiger partial charge in [-0.2, -0.15) is 5.10 Å². The Balaban J connectivity index is 1.60. The van der Waals surface area contributed by atoms with Gasteiger partial charge in [0.15, 0.2) is 0 Å². The van der Waals surface area contributed by atoms with Crippen molar-refractivity contribution in [1.82, 2.24) is 15.4 Å². The van der Waals surface area contributed by atoms with Gasteiger partial charge in [-0.15, -0.1) is 0 Å². The minimum Gasteiger partial charge on any atom is -0.267 e. The number of halogens is 1. The van der Waals surface area contributed by atoms with Crippen molar-refractivity contribution in [3.8, 4) is 11.3 Å². The second kappa shape index (κ2) is 9.24. The molecule has 1 N–H and O–H groups in total. The van der Waals surface area contributed by atoms with E-state index in [1.807, 2.05) is 72.8 Å². The lowest BCUT2D eigenvalue weighted by atomic mass is 10.0. The fourth-order valence-corrected chi connectivity index (χ4v) is 3.36. The zero-order valence-electron chi connectivity index (χ0n) is 15.9. The molecule has 5 nitrogen and oxygen atoms in total. The van der Waals surface area contributed by atoms with Crippen LogP contribution in [0.2, 0.25) is 0 Å². The molecule has 0 aliphatic heterocycles. The first-order chi connectivity index (χ1) is 14.7. The summed E-state index contributed by atoms with van der Waals surface area (Å²) < 4.78 is 0.742. The highest BCUT2D eigenvalue weighted by molar-refractivity contribution is 9.12. The molecule has 0 fully saturated rings. The van der Waals surface area contributed by atoms with Crippen LogP contribution in [0, 0.1) is 0 Å². The zero-order valence-corrected chi connectivity index (χ0v) is 17.5. The number of nitrogens with one attached hydrogen (secondary N) is 1. The molecule has 0 spiro atoms. The van der Waals surface area contributed by atoms with Gasteiger partial charge in [-0.05, 0) is 51.8 Å². The first-order valence-electron chi connectivity index (χ1n) is 9.26. The molecule has 6 heteroatoms. The largest absolute Gasteiger partial charge is 0.272 e. The van der Waals surface area contributed by atoms with Gasteiger partial charge in [-0.25, -0.2) is 10.4 Å². The predicted molar refractivity (Wildman–Crippen MR) is 124 cm³/mol. The average molecular weight is 457 g/mol. The minimum absolute atomic E-state index is 0.305. The van der Waals surface area contributed by atoms with Crippen LogP contribution in [-0.4, -0.2) is 22.1 Å². The maximum Gasteiger partial charge on any atom is 0.272 e. The van der Waals surface area contributed by atoms with Crippen LogP contribution in [0.1, 0.15) is 15.9 Å². The molecule has 0 unspecified atom stereocenters. The first-order valence-corrected chi connectivity index (χ1v) is 10.1. The zero-order chi connectivity index (χ0) is 20.8.